The molecule has 1 amide bonds. The molecule has 236 valence electrons. The van der Waals surface area contributed by atoms with Gasteiger partial charge < -0.3 is 19.8 Å². The number of para-hydroxylation sites is 1. The average molecular weight is 656 g/mol. The number of terminal acetylenes is 1. The zero-order valence-electron chi connectivity index (χ0n) is 26.2. The molecule has 46 heavy (non-hydrogen) atoms. The summed E-state index contributed by atoms with van der Waals surface area (Å²) in [4.78, 5) is 35.0. The number of carbonyl (C=O) groups excluding carboxylic acids is 1. The Morgan fingerprint density at radius 2 is 1.76 bits per heavy atom. The highest BCUT2D eigenvalue weighted by atomic mass is 35.5. The van der Waals surface area contributed by atoms with Crippen molar-refractivity contribution in [2.45, 2.75) is 39.7 Å². The first-order valence-corrected chi connectivity index (χ1v) is 15.4. The Labute approximate surface area is 277 Å². The van der Waals surface area contributed by atoms with Crippen LogP contribution in [0.4, 0.5) is 5.69 Å². The van der Waals surface area contributed by atoms with E-state index in [2.05, 4.69) is 17.8 Å². The lowest BCUT2D eigenvalue weighted by molar-refractivity contribution is -0.136. The van der Waals surface area contributed by atoms with E-state index >= 15 is 0 Å². The van der Waals surface area contributed by atoms with Crippen molar-refractivity contribution in [3.63, 3.8) is 0 Å². The lowest BCUT2D eigenvalue weighted by Crippen LogP contribution is -2.35. The molecule has 3 aromatic carbocycles. The number of hydrogen-bond donors (Lipinski definition) is 2. The van der Waals surface area contributed by atoms with Crippen LogP contribution in [0, 0.1) is 19.8 Å². The Morgan fingerprint density at radius 3 is 2.41 bits per heavy atom. The van der Waals surface area contributed by atoms with Crippen molar-refractivity contribution >= 4 is 50.7 Å². The number of ether oxygens (including phenoxy) is 1. The van der Waals surface area contributed by atoms with Crippen molar-refractivity contribution in [2.24, 2.45) is 0 Å². The van der Waals surface area contributed by atoms with E-state index in [1.54, 1.807) is 51.0 Å². The first kappa shape index (κ1) is 34.1. The summed E-state index contributed by atoms with van der Waals surface area (Å²) in [6.45, 7) is 7.12. The number of nitrogens with zero attached hydrogens (tertiary/aromatic N) is 3. The number of rotatable bonds is 5. The number of aliphatic hydroxyl groups is 1. The Balaban J connectivity index is 0.000000628. The molecule has 10 heteroatoms. The highest BCUT2D eigenvalue weighted by Gasteiger charge is 2.26. The van der Waals surface area contributed by atoms with Gasteiger partial charge in [-0.3, -0.25) is 14.6 Å². The molecule has 0 saturated heterocycles. The predicted octanol–water partition coefficient (Wildman–Crippen LogP) is 7.66. The van der Waals surface area contributed by atoms with Crippen LogP contribution in [0.1, 0.15) is 31.9 Å². The summed E-state index contributed by atoms with van der Waals surface area (Å²) in [5.41, 5.74) is 6.74. The highest BCUT2D eigenvalue weighted by molar-refractivity contribution is 7.22. The number of carbonyl (C=O) groups is 2. The van der Waals surface area contributed by atoms with E-state index in [0.29, 0.717) is 22.2 Å². The molecule has 0 saturated carbocycles. The van der Waals surface area contributed by atoms with Crippen molar-refractivity contribution in [2.75, 3.05) is 18.6 Å². The number of pyridine rings is 1. The molecular formula is C36H34ClN3O5S. The third-order valence-electron chi connectivity index (χ3n) is 6.82. The Kier molecular flexibility index (Phi) is 10.5. The lowest BCUT2D eigenvalue weighted by atomic mass is 9.93. The van der Waals surface area contributed by atoms with Crippen LogP contribution in [-0.4, -0.2) is 51.3 Å². The third kappa shape index (κ3) is 7.72. The molecule has 0 fully saturated rings. The predicted molar refractivity (Wildman–Crippen MR) is 186 cm³/mol. The van der Waals surface area contributed by atoms with Crippen molar-refractivity contribution in [1.29, 1.82) is 0 Å². The number of thiazole rings is 1. The number of amides is 1. The summed E-state index contributed by atoms with van der Waals surface area (Å²) in [5, 5.41) is 19.6. The van der Waals surface area contributed by atoms with Crippen LogP contribution in [0.2, 0.25) is 5.02 Å². The van der Waals surface area contributed by atoms with Gasteiger partial charge in [-0.05, 0) is 86.8 Å². The summed E-state index contributed by atoms with van der Waals surface area (Å²) in [7, 11) is 1.73. The van der Waals surface area contributed by atoms with E-state index < -0.39 is 11.6 Å². The molecule has 3 heterocycles. The molecule has 6 rings (SSSR count). The van der Waals surface area contributed by atoms with Gasteiger partial charge in [-0.15, -0.1) is 24.2 Å². The fraction of sp³-hybridized carbons (Fsp3) is 0.222. The molecular weight excluding hydrogens is 622 g/mol. The topological polar surface area (TPSA) is 113 Å². The largest absolute Gasteiger partial charge is 0.481 e. The zero-order valence-corrected chi connectivity index (χ0v) is 27.7. The van der Waals surface area contributed by atoms with Crippen LogP contribution < -0.4 is 9.64 Å². The number of carboxylic acid groups (broad SMARTS) is 1. The van der Waals surface area contributed by atoms with E-state index in [9.17, 15) is 14.7 Å². The molecule has 2 aromatic heterocycles. The van der Waals surface area contributed by atoms with Crippen LogP contribution in [0.5, 0.6) is 5.75 Å². The van der Waals surface area contributed by atoms with Crippen LogP contribution in [-0.2, 0) is 16.0 Å². The van der Waals surface area contributed by atoms with E-state index in [-0.39, 0.29) is 18.9 Å². The number of benzene rings is 3. The fourth-order valence-electron chi connectivity index (χ4n) is 4.88. The Hall–Kier alpha value is -4.75. The number of halogens is 1. The van der Waals surface area contributed by atoms with Gasteiger partial charge in [0, 0.05) is 35.0 Å². The maximum Gasteiger partial charge on any atom is 0.307 e. The second kappa shape index (κ2) is 14.1. The maximum atomic E-state index is 12.1. The minimum Gasteiger partial charge on any atom is -0.481 e. The van der Waals surface area contributed by atoms with Gasteiger partial charge >= 0.3 is 5.97 Å². The quantitative estimate of drug-likeness (QED) is 0.187. The molecule has 8 nitrogen and oxygen atoms in total. The second-order valence-corrected chi connectivity index (χ2v) is 12.9. The molecule has 0 aliphatic carbocycles. The van der Waals surface area contributed by atoms with E-state index in [1.165, 1.54) is 11.3 Å². The van der Waals surface area contributed by atoms with Crippen LogP contribution in [0.3, 0.4) is 0 Å². The van der Waals surface area contributed by atoms with Gasteiger partial charge in [-0.2, -0.15) is 0 Å². The summed E-state index contributed by atoms with van der Waals surface area (Å²) in [5.74, 6) is -0.380. The molecule has 2 N–H and O–H groups in total. The number of aliphatic carboxylic acids is 1. The summed E-state index contributed by atoms with van der Waals surface area (Å²) < 4.78 is 6.73. The highest BCUT2D eigenvalue weighted by Crippen LogP contribution is 2.43. The van der Waals surface area contributed by atoms with Gasteiger partial charge in [0.25, 0.3) is 5.91 Å². The number of anilines is 1. The molecule has 0 atom stereocenters. The van der Waals surface area contributed by atoms with Gasteiger partial charge in [-0.1, -0.05) is 29.8 Å². The zero-order chi connectivity index (χ0) is 33.8. The molecule has 1 aliphatic heterocycles. The van der Waals surface area contributed by atoms with Crippen molar-refractivity contribution < 1.29 is 24.5 Å². The van der Waals surface area contributed by atoms with Crippen molar-refractivity contribution in [1.82, 2.24) is 9.97 Å². The number of carboxylic acids is 1. The van der Waals surface area contributed by atoms with Gasteiger partial charge in [0.05, 0.1) is 33.6 Å². The third-order valence-corrected chi connectivity index (χ3v) is 8.21. The van der Waals surface area contributed by atoms with Crippen LogP contribution in [0.25, 0.3) is 43.2 Å². The number of fused-ring (bicyclic) bond motifs is 2. The van der Waals surface area contributed by atoms with E-state index in [0.717, 1.165) is 48.6 Å². The maximum absolute atomic E-state index is 12.1. The van der Waals surface area contributed by atoms with Gasteiger partial charge in [-0.25, -0.2) is 4.98 Å². The number of aryl methyl sites for hydroxylation is 1. The minimum atomic E-state index is -0.892. The average Bonchev–Trinajstić information content (AvgIpc) is 3.43. The van der Waals surface area contributed by atoms with Crippen molar-refractivity contribution in [3.05, 3.63) is 83.0 Å². The monoisotopic (exact) mass is 655 g/mol. The smallest absolute Gasteiger partial charge is 0.307 e. The Morgan fingerprint density at radius 1 is 1.09 bits per heavy atom. The second-order valence-electron chi connectivity index (χ2n) is 11.5. The molecule has 0 bridgehead atoms. The van der Waals surface area contributed by atoms with Gasteiger partial charge in [0.1, 0.15) is 5.01 Å². The molecule has 0 unspecified atom stereocenters. The van der Waals surface area contributed by atoms with E-state index in [4.69, 9.17) is 26.4 Å². The number of likely N-dealkylation sites (N-methyl/N-ethyl adjacent to an activating group) is 1. The molecule has 5 aromatic rings. The van der Waals surface area contributed by atoms with E-state index in [1.807, 2.05) is 55.5 Å². The first-order valence-electron chi connectivity index (χ1n) is 14.3. The first-order chi connectivity index (χ1) is 21.8. The Bertz CT molecular complexity index is 1920. The molecule has 1 aliphatic rings. The van der Waals surface area contributed by atoms with Crippen LogP contribution in [0.15, 0.2) is 66.9 Å². The normalized spacial score (nSPS) is 12.3. The van der Waals surface area contributed by atoms with Crippen LogP contribution >= 0.6 is 22.9 Å². The summed E-state index contributed by atoms with van der Waals surface area (Å²) in [6, 6.07) is 18.9. The SMILES string of the molecule is C#C.CC(C)(C)O.Cc1cc2nc(-c3ccnc(-c4cccc5c4OCC(=O)N5C)c3)sc2c(-c2ccc(Cl)cc2)c1CC(=O)O. The van der Waals surface area contributed by atoms with Crippen molar-refractivity contribution in [3.8, 4) is 51.6 Å². The van der Waals surface area contributed by atoms with Gasteiger partial charge in [0.15, 0.2) is 12.4 Å². The number of aromatic nitrogens is 2. The van der Waals surface area contributed by atoms with Gasteiger partial charge in [0.2, 0.25) is 0 Å². The summed E-state index contributed by atoms with van der Waals surface area (Å²) in [6.07, 6.45) is 9.64. The lowest BCUT2D eigenvalue weighted by Gasteiger charge is -2.27. The fourth-order valence-corrected chi connectivity index (χ4v) is 6.14. The molecule has 0 spiro atoms. The molecule has 0 radical (unpaired) electrons. The standard InChI is InChI=1S/C30H22ClN3O4S.C4H10O.C2H2/c1-16-12-23-29(27(21(16)14-26(36)37)17-6-8-19(31)9-7-17)39-30(33-23)18-10-11-32-22(13-18)20-4-3-5-24-28(20)38-15-25(35)34(24)2;1-4(2,3)5;1-2/h3-13H,14-15H2,1-2H3,(H,36,37);5H,1-3H3;1-2H. The minimum absolute atomic E-state index is 0.0242. The summed E-state index contributed by atoms with van der Waals surface area (Å²) >= 11 is 7.65. The number of hydrogen-bond acceptors (Lipinski definition) is 7.